The van der Waals surface area contributed by atoms with Gasteiger partial charge in [0.25, 0.3) is 0 Å². The summed E-state index contributed by atoms with van der Waals surface area (Å²) in [7, 11) is 0. The molecule has 1 saturated heterocycles. The zero-order valence-electron chi connectivity index (χ0n) is 8.67. The van der Waals surface area contributed by atoms with Crippen molar-refractivity contribution >= 4 is 0 Å². The predicted molar refractivity (Wildman–Crippen MR) is 54.8 cm³/mol. The molecule has 0 aliphatic carbocycles. The van der Waals surface area contributed by atoms with Crippen LogP contribution in [0.25, 0.3) is 0 Å². The molecule has 1 unspecified atom stereocenters. The van der Waals surface area contributed by atoms with Gasteiger partial charge in [-0.2, -0.15) is 13.2 Å². The Morgan fingerprint density at radius 1 is 1.19 bits per heavy atom. The maximum atomic E-state index is 12.5. The van der Waals surface area contributed by atoms with Crippen LogP contribution in [0.5, 0.6) is 0 Å². The van der Waals surface area contributed by atoms with Gasteiger partial charge in [0.1, 0.15) is 0 Å². The normalized spacial score (nSPS) is 23.3. The molecular weight excluding hydrogens is 217 g/mol. The van der Waals surface area contributed by atoms with E-state index in [0.29, 0.717) is 11.4 Å². The SMILES string of the molecule is FC(F)(F)N1CCNC(c2ccccc2)C1. The second kappa shape index (κ2) is 4.43. The average molecular weight is 230 g/mol. The Morgan fingerprint density at radius 3 is 2.50 bits per heavy atom. The molecule has 16 heavy (non-hydrogen) atoms. The van der Waals surface area contributed by atoms with Crippen LogP contribution in [-0.2, 0) is 0 Å². The lowest BCUT2D eigenvalue weighted by atomic mass is 10.1. The summed E-state index contributed by atoms with van der Waals surface area (Å²) < 4.78 is 37.6. The van der Waals surface area contributed by atoms with Crippen molar-refractivity contribution in [2.24, 2.45) is 0 Å². The van der Waals surface area contributed by atoms with E-state index in [2.05, 4.69) is 5.32 Å². The van der Waals surface area contributed by atoms with E-state index < -0.39 is 6.30 Å². The molecule has 1 aliphatic heterocycles. The second-order valence-corrected chi connectivity index (χ2v) is 3.83. The number of hydrogen-bond donors (Lipinski definition) is 1. The molecule has 5 heteroatoms. The molecule has 1 heterocycles. The molecule has 88 valence electrons. The number of hydrogen-bond acceptors (Lipinski definition) is 2. The van der Waals surface area contributed by atoms with Gasteiger partial charge in [0.05, 0.1) is 0 Å². The van der Waals surface area contributed by atoms with Crippen molar-refractivity contribution in [3.8, 4) is 0 Å². The van der Waals surface area contributed by atoms with Crippen molar-refractivity contribution in [2.75, 3.05) is 19.6 Å². The first kappa shape index (κ1) is 11.4. The van der Waals surface area contributed by atoms with Crippen LogP contribution in [0.1, 0.15) is 11.6 Å². The summed E-state index contributed by atoms with van der Waals surface area (Å²) in [5, 5.41) is 3.10. The van der Waals surface area contributed by atoms with Crippen LogP contribution in [0.2, 0.25) is 0 Å². The van der Waals surface area contributed by atoms with Gasteiger partial charge in [0, 0.05) is 25.7 Å². The topological polar surface area (TPSA) is 15.3 Å². The van der Waals surface area contributed by atoms with Crippen molar-refractivity contribution in [1.82, 2.24) is 10.2 Å². The highest BCUT2D eigenvalue weighted by Gasteiger charge is 2.39. The minimum absolute atomic E-state index is 0.0203. The highest BCUT2D eigenvalue weighted by Crippen LogP contribution is 2.26. The number of piperazine rings is 1. The molecule has 0 amide bonds. The number of nitrogens with one attached hydrogen (secondary N) is 1. The Labute approximate surface area is 92.1 Å². The van der Waals surface area contributed by atoms with E-state index in [1.807, 2.05) is 30.3 Å². The molecular formula is C11H13F3N2. The van der Waals surface area contributed by atoms with Gasteiger partial charge in [0.2, 0.25) is 0 Å². The maximum absolute atomic E-state index is 12.5. The molecule has 2 nitrogen and oxygen atoms in total. The first-order valence-electron chi connectivity index (χ1n) is 5.17. The molecule has 1 N–H and O–H groups in total. The number of halogens is 3. The fraction of sp³-hybridized carbons (Fsp3) is 0.455. The Balaban J connectivity index is 2.08. The van der Waals surface area contributed by atoms with Crippen LogP contribution in [0.3, 0.4) is 0 Å². The second-order valence-electron chi connectivity index (χ2n) is 3.83. The summed E-state index contributed by atoms with van der Waals surface area (Å²) in [5.41, 5.74) is 0.899. The monoisotopic (exact) mass is 230 g/mol. The van der Waals surface area contributed by atoms with E-state index in [-0.39, 0.29) is 19.1 Å². The quantitative estimate of drug-likeness (QED) is 0.744. The van der Waals surface area contributed by atoms with E-state index >= 15 is 0 Å². The summed E-state index contributed by atoms with van der Waals surface area (Å²) in [6.45, 7) is 0.361. The molecule has 2 rings (SSSR count). The first-order chi connectivity index (χ1) is 7.57. The van der Waals surface area contributed by atoms with Gasteiger partial charge in [-0.25, -0.2) is 4.90 Å². The largest absolute Gasteiger partial charge is 0.460 e. The maximum Gasteiger partial charge on any atom is 0.460 e. The molecule has 1 aromatic carbocycles. The minimum Gasteiger partial charge on any atom is -0.308 e. The molecule has 0 saturated carbocycles. The molecule has 1 fully saturated rings. The molecule has 1 aliphatic rings. The molecule has 0 aromatic heterocycles. The number of rotatable bonds is 1. The van der Waals surface area contributed by atoms with Crippen molar-refractivity contribution in [3.05, 3.63) is 35.9 Å². The van der Waals surface area contributed by atoms with Crippen molar-refractivity contribution in [2.45, 2.75) is 12.3 Å². The third-order valence-corrected chi connectivity index (χ3v) is 2.74. The van der Waals surface area contributed by atoms with Crippen molar-refractivity contribution in [3.63, 3.8) is 0 Å². The summed E-state index contributed by atoms with van der Waals surface area (Å²) in [6, 6.07) is 8.98. The molecule has 0 bridgehead atoms. The van der Waals surface area contributed by atoms with Crippen LogP contribution in [0, 0.1) is 0 Å². The number of benzene rings is 1. The van der Waals surface area contributed by atoms with Gasteiger partial charge in [-0.15, -0.1) is 0 Å². The number of alkyl halides is 3. The van der Waals surface area contributed by atoms with E-state index in [4.69, 9.17) is 0 Å². The van der Waals surface area contributed by atoms with Gasteiger partial charge in [-0.1, -0.05) is 30.3 Å². The average Bonchev–Trinajstić information content (AvgIpc) is 2.29. The standard InChI is InChI=1S/C11H13F3N2/c12-11(13,14)16-7-6-15-10(8-16)9-4-2-1-3-5-9/h1-5,10,15H,6-8H2. The van der Waals surface area contributed by atoms with Crippen LogP contribution >= 0.6 is 0 Å². The smallest absolute Gasteiger partial charge is 0.308 e. The van der Waals surface area contributed by atoms with E-state index in [1.165, 1.54) is 0 Å². The Kier molecular flexibility index (Phi) is 3.16. The van der Waals surface area contributed by atoms with Crippen molar-refractivity contribution < 1.29 is 13.2 Å². The lowest BCUT2D eigenvalue weighted by Crippen LogP contribution is -2.51. The van der Waals surface area contributed by atoms with E-state index in [1.54, 1.807) is 0 Å². The number of nitrogens with zero attached hydrogens (tertiary/aromatic N) is 1. The molecule has 0 radical (unpaired) electrons. The van der Waals surface area contributed by atoms with Gasteiger partial charge < -0.3 is 5.32 Å². The van der Waals surface area contributed by atoms with E-state index in [0.717, 1.165) is 5.56 Å². The fourth-order valence-corrected chi connectivity index (χ4v) is 1.89. The van der Waals surface area contributed by atoms with E-state index in [9.17, 15) is 13.2 Å². The van der Waals surface area contributed by atoms with Gasteiger partial charge >= 0.3 is 6.30 Å². The predicted octanol–water partition coefficient (Wildman–Crippen LogP) is 2.15. The minimum atomic E-state index is -4.23. The van der Waals surface area contributed by atoms with Crippen LogP contribution in [-0.4, -0.2) is 30.8 Å². The third kappa shape index (κ3) is 2.54. The molecule has 0 spiro atoms. The van der Waals surface area contributed by atoms with Gasteiger partial charge in [0.15, 0.2) is 0 Å². The summed E-state index contributed by atoms with van der Waals surface area (Å²) in [4.78, 5) is 0.557. The zero-order chi connectivity index (χ0) is 11.6. The molecule has 1 atom stereocenters. The lowest BCUT2D eigenvalue weighted by molar-refractivity contribution is -0.250. The van der Waals surface area contributed by atoms with Crippen LogP contribution < -0.4 is 5.32 Å². The highest BCUT2D eigenvalue weighted by atomic mass is 19.4. The first-order valence-corrected chi connectivity index (χ1v) is 5.17. The Hall–Kier alpha value is -1.07. The molecule has 1 aromatic rings. The summed E-state index contributed by atoms with van der Waals surface area (Å²) in [5.74, 6) is 0. The summed E-state index contributed by atoms with van der Waals surface area (Å²) in [6.07, 6.45) is -4.23. The third-order valence-electron chi connectivity index (χ3n) is 2.74. The fourth-order valence-electron chi connectivity index (χ4n) is 1.89. The Bertz CT molecular complexity index is 337. The van der Waals surface area contributed by atoms with Crippen LogP contribution in [0.15, 0.2) is 30.3 Å². The van der Waals surface area contributed by atoms with Crippen LogP contribution in [0.4, 0.5) is 13.2 Å². The van der Waals surface area contributed by atoms with Crippen molar-refractivity contribution in [1.29, 1.82) is 0 Å². The van der Waals surface area contributed by atoms with Gasteiger partial charge in [-0.05, 0) is 5.56 Å². The lowest BCUT2D eigenvalue weighted by Gasteiger charge is -2.34. The van der Waals surface area contributed by atoms with Gasteiger partial charge in [-0.3, -0.25) is 0 Å². The highest BCUT2D eigenvalue weighted by molar-refractivity contribution is 5.19. The Morgan fingerprint density at radius 2 is 1.88 bits per heavy atom. The summed E-state index contributed by atoms with van der Waals surface area (Å²) >= 11 is 0. The zero-order valence-corrected chi connectivity index (χ0v) is 8.67.